The van der Waals surface area contributed by atoms with Crippen LogP contribution < -0.4 is 4.18 Å². The van der Waals surface area contributed by atoms with Crippen molar-refractivity contribution in [1.82, 2.24) is 0 Å². The largest absolute Gasteiger partial charge is 0.534 e. The van der Waals surface area contributed by atoms with Crippen LogP contribution in [0.1, 0.15) is 15.9 Å². The van der Waals surface area contributed by atoms with Gasteiger partial charge < -0.3 is 13.7 Å². The van der Waals surface area contributed by atoms with Gasteiger partial charge in [0, 0.05) is 0 Å². The maximum atomic E-state index is 12.5. The van der Waals surface area contributed by atoms with Gasteiger partial charge in [-0.2, -0.15) is 21.6 Å². The quantitative estimate of drug-likeness (QED) is 0.341. The Hall–Kier alpha value is -1.94. The molecule has 0 radical (unpaired) electrons. The van der Waals surface area contributed by atoms with E-state index in [9.17, 15) is 26.4 Å². The number of hydrogen-bond donors (Lipinski definition) is 0. The van der Waals surface area contributed by atoms with Gasteiger partial charge >= 0.3 is 21.6 Å². The van der Waals surface area contributed by atoms with Crippen molar-refractivity contribution in [2.45, 2.75) is 5.51 Å². The molecule has 0 saturated carbocycles. The van der Waals surface area contributed by atoms with Crippen LogP contribution >= 0.6 is 11.6 Å². The van der Waals surface area contributed by atoms with E-state index in [1.165, 1.54) is 0 Å². The molecule has 0 aromatic heterocycles. The lowest BCUT2D eigenvalue weighted by Gasteiger charge is -2.16. The molecule has 0 heterocycles. The van der Waals surface area contributed by atoms with E-state index in [2.05, 4.69) is 15.5 Å². The summed E-state index contributed by atoms with van der Waals surface area (Å²) in [4.78, 5) is 11.5. The van der Waals surface area contributed by atoms with Crippen LogP contribution in [0.5, 0.6) is 5.75 Å². The normalized spacial score (nSPS) is 11.7. The predicted octanol–water partition coefficient (Wildman–Crippen LogP) is 2.97. The van der Waals surface area contributed by atoms with Gasteiger partial charge in [-0.3, -0.25) is 0 Å². The number of carbonyl (C=O) groups is 1. The number of rotatable bonds is 5. The second-order valence-corrected chi connectivity index (χ2v) is 5.82. The van der Waals surface area contributed by atoms with Crippen molar-refractivity contribution in [2.75, 3.05) is 14.2 Å². The molecule has 1 aromatic rings. The van der Waals surface area contributed by atoms with Gasteiger partial charge in [0.05, 0.1) is 30.4 Å². The van der Waals surface area contributed by atoms with Gasteiger partial charge in [-0.15, -0.1) is 0 Å². The van der Waals surface area contributed by atoms with E-state index >= 15 is 0 Å². The van der Waals surface area contributed by atoms with Crippen LogP contribution in [0, 0.1) is 0 Å². The number of benzene rings is 1. The SMILES string of the molecule is C=C(OC)c1ccc(C(=O)OC)c(Cl)c1OS(=O)(=O)C(F)(F)F. The lowest BCUT2D eigenvalue weighted by atomic mass is 10.1. The molecule has 0 saturated heterocycles. The predicted molar refractivity (Wildman–Crippen MR) is 74.4 cm³/mol. The van der Waals surface area contributed by atoms with E-state index in [0.29, 0.717) is 0 Å². The third-order valence-corrected chi connectivity index (χ3v) is 3.85. The molecule has 23 heavy (non-hydrogen) atoms. The Kier molecular flexibility index (Phi) is 5.54. The molecule has 0 atom stereocenters. The highest BCUT2D eigenvalue weighted by molar-refractivity contribution is 7.88. The van der Waals surface area contributed by atoms with E-state index < -0.39 is 37.9 Å². The van der Waals surface area contributed by atoms with Crippen LogP contribution in [0.2, 0.25) is 5.02 Å². The van der Waals surface area contributed by atoms with E-state index in [-0.39, 0.29) is 11.3 Å². The Labute approximate surface area is 134 Å². The lowest BCUT2D eigenvalue weighted by Crippen LogP contribution is -2.28. The highest BCUT2D eigenvalue weighted by Crippen LogP contribution is 2.39. The average molecular weight is 375 g/mol. The standard InChI is InChI=1S/C12H10ClF3O6S/c1-6(20-2)7-4-5-8(11(17)21-3)9(13)10(7)22-23(18,19)12(14,15)16/h4-5H,1H2,2-3H3. The topological polar surface area (TPSA) is 78.9 Å². The van der Waals surface area contributed by atoms with Crippen LogP contribution in [0.15, 0.2) is 18.7 Å². The van der Waals surface area contributed by atoms with Crippen LogP contribution in [-0.4, -0.2) is 34.1 Å². The first-order chi connectivity index (χ1) is 10.5. The fraction of sp³-hybridized carbons (Fsp3) is 0.250. The van der Waals surface area contributed by atoms with Gasteiger partial charge in [-0.05, 0) is 12.1 Å². The molecule has 0 unspecified atom stereocenters. The average Bonchev–Trinajstić information content (AvgIpc) is 2.46. The summed E-state index contributed by atoms with van der Waals surface area (Å²) >= 11 is 5.79. The van der Waals surface area contributed by atoms with Gasteiger partial charge in [0.15, 0.2) is 5.75 Å². The van der Waals surface area contributed by atoms with Crippen LogP contribution in [0.3, 0.4) is 0 Å². The summed E-state index contributed by atoms with van der Waals surface area (Å²) in [6.45, 7) is 3.38. The number of esters is 1. The van der Waals surface area contributed by atoms with E-state index in [0.717, 1.165) is 26.4 Å². The second-order valence-electron chi connectivity index (χ2n) is 3.91. The summed E-state index contributed by atoms with van der Waals surface area (Å²) < 4.78 is 73.0. The number of alkyl halides is 3. The van der Waals surface area contributed by atoms with Gasteiger partial charge in [-0.1, -0.05) is 18.2 Å². The highest BCUT2D eigenvalue weighted by atomic mass is 35.5. The van der Waals surface area contributed by atoms with Crippen LogP contribution in [0.25, 0.3) is 5.76 Å². The fourth-order valence-corrected chi connectivity index (χ4v) is 2.20. The molecule has 0 spiro atoms. The molecular formula is C12H10ClF3O6S. The number of ether oxygens (including phenoxy) is 2. The molecule has 128 valence electrons. The monoisotopic (exact) mass is 374 g/mol. The summed E-state index contributed by atoms with van der Waals surface area (Å²) in [6, 6.07) is 2.16. The van der Waals surface area contributed by atoms with E-state index in [1.807, 2.05) is 0 Å². The maximum absolute atomic E-state index is 12.5. The van der Waals surface area contributed by atoms with Gasteiger partial charge in [0.2, 0.25) is 0 Å². The lowest BCUT2D eigenvalue weighted by molar-refractivity contribution is -0.0500. The molecule has 1 rings (SSSR count). The zero-order chi connectivity index (χ0) is 18.0. The highest BCUT2D eigenvalue weighted by Gasteiger charge is 2.49. The molecule has 11 heteroatoms. The first kappa shape index (κ1) is 19.1. The summed E-state index contributed by atoms with van der Waals surface area (Å²) in [5.74, 6) is -2.17. The van der Waals surface area contributed by atoms with Crippen molar-refractivity contribution in [3.8, 4) is 5.75 Å². The zero-order valence-corrected chi connectivity index (χ0v) is 13.3. The summed E-state index contributed by atoms with van der Waals surface area (Å²) in [5, 5.41) is -0.694. The van der Waals surface area contributed by atoms with Crippen molar-refractivity contribution in [3.05, 3.63) is 34.9 Å². The van der Waals surface area contributed by atoms with Crippen molar-refractivity contribution in [2.24, 2.45) is 0 Å². The van der Waals surface area contributed by atoms with Crippen molar-refractivity contribution in [1.29, 1.82) is 0 Å². The molecule has 0 fully saturated rings. The molecular weight excluding hydrogens is 365 g/mol. The summed E-state index contributed by atoms with van der Waals surface area (Å²) in [5.41, 5.74) is -6.37. The van der Waals surface area contributed by atoms with Crippen molar-refractivity contribution < 1.29 is 40.0 Å². The van der Waals surface area contributed by atoms with Crippen LogP contribution in [-0.2, 0) is 19.6 Å². The third-order valence-electron chi connectivity index (χ3n) is 2.53. The summed E-state index contributed by atoms with van der Waals surface area (Å²) in [6.07, 6.45) is 0. The first-order valence-corrected chi connectivity index (χ1v) is 7.39. The van der Waals surface area contributed by atoms with E-state index in [1.54, 1.807) is 0 Å². The molecule has 1 aromatic carbocycles. The molecule has 0 aliphatic carbocycles. The zero-order valence-electron chi connectivity index (χ0n) is 11.7. The minimum absolute atomic E-state index is 0.226. The Morgan fingerprint density at radius 3 is 2.13 bits per heavy atom. The smallest absolute Gasteiger partial charge is 0.497 e. The molecule has 0 bridgehead atoms. The van der Waals surface area contributed by atoms with Crippen molar-refractivity contribution >= 4 is 33.4 Å². The fourth-order valence-electron chi connectivity index (χ4n) is 1.39. The van der Waals surface area contributed by atoms with Crippen LogP contribution in [0.4, 0.5) is 13.2 Å². The van der Waals surface area contributed by atoms with Gasteiger partial charge in [-0.25, -0.2) is 4.79 Å². The molecule has 0 N–H and O–H groups in total. The first-order valence-electron chi connectivity index (χ1n) is 5.61. The molecule has 6 nitrogen and oxygen atoms in total. The number of hydrogen-bond acceptors (Lipinski definition) is 6. The number of halogens is 4. The van der Waals surface area contributed by atoms with E-state index in [4.69, 9.17) is 16.3 Å². The third kappa shape index (κ3) is 3.88. The Balaban J connectivity index is 3.59. The molecule has 0 aliphatic heterocycles. The molecule has 0 amide bonds. The van der Waals surface area contributed by atoms with Gasteiger partial charge in [0.1, 0.15) is 5.76 Å². The minimum Gasteiger partial charge on any atom is -0.497 e. The minimum atomic E-state index is -6.02. The number of carbonyl (C=O) groups excluding carboxylic acids is 1. The Morgan fingerprint density at radius 1 is 1.17 bits per heavy atom. The number of methoxy groups -OCH3 is 2. The Bertz CT molecular complexity index is 742. The van der Waals surface area contributed by atoms with Gasteiger partial charge in [0.25, 0.3) is 0 Å². The Morgan fingerprint density at radius 2 is 1.70 bits per heavy atom. The van der Waals surface area contributed by atoms with Crippen molar-refractivity contribution in [3.63, 3.8) is 0 Å². The molecule has 0 aliphatic rings. The maximum Gasteiger partial charge on any atom is 0.534 e. The summed E-state index contributed by atoms with van der Waals surface area (Å²) in [7, 11) is -3.87. The second kappa shape index (κ2) is 6.67.